The summed E-state index contributed by atoms with van der Waals surface area (Å²) in [6, 6.07) is 10.3. The molecule has 0 radical (unpaired) electrons. The number of rotatable bonds is 6. The first-order chi connectivity index (χ1) is 12.9. The van der Waals surface area contributed by atoms with Crippen molar-refractivity contribution in [1.82, 2.24) is 10.9 Å². The number of nitrogens with one attached hydrogen (secondary N) is 2. The summed E-state index contributed by atoms with van der Waals surface area (Å²) in [6.07, 6.45) is 0.621. The van der Waals surface area contributed by atoms with Gasteiger partial charge in [0, 0.05) is 23.3 Å². The molecule has 2 rings (SSSR count). The summed E-state index contributed by atoms with van der Waals surface area (Å²) in [5.41, 5.74) is 4.59. The number of aldehydes is 1. The van der Waals surface area contributed by atoms with Crippen molar-refractivity contribution >= 4 is 29.8 Å². The van der Waals surface area contributed by atoms with Gasteiger partial charge in [0.1, 0.15) is 6.29 Å². The number of amides is 2. The third kappa shape index (κ3) is 5.46. The number of ether oxygens (including phenoxy) is 1. The normalized spacial score (nSPS) is 9.78. The molecular formula is C17H13N3O7. The van der Waals surface area contributed by atoms with E-state index < -0.39 is 29.3 Å². The molecule has 10 nitrogen and oxygen atoms in total. The molecule has 0 aliphatic carbocycles. The van der Waals surface area contributed by atoms with E-state index in [9.17, 15) is 29.3 Å². The van der Waals surface area contributed by atoms with Gasteiger partial charge >= 0.3 is 5.97 Å². The number of hydrogen-bond acceptors (Lipinski definition) is 7. The Morgan fingerprint density at radius 2 is 1.56 bits per heavy atom. The smallest absolute Gasteiger partial charge is 0.338 e. The fourth-order valence-corrected chi connectivity index (χ4v) is 1.88. The molecule has 27 heavy (non-hydrogen) atoms. The molecule has 2 N–H and O–H groups in total. The molecule has 10 heteroatoms. The van der Waals surface area contributed by atoms with Gasteiger partial charge in [-0.15, -0.1) is 0 Å². The highest BCUT2D eigenvalue weighted by molar-refractivity contribution is 5.96. The lowest BCUT2D eigenvalue weighted by molar-refractivity contribution is -0.384. The van der Waals surface area contributed by atoms with Crippen molar-refractivity contribution in [2.45, 2.75) is 0 Å². The molecule has 0 atom stereocenters. The van der Waals surface area contributed by atoms with Crippen LogP contribution >= 0.6 is 0 Å². The monoisotopic (exact) mass is 371 g/mol. The number of nitro benzene ring substituents is 1. The summed E-state index contributed by atoms with van der Waals surface area (Å²) in [5.74, 6) is -2.26. The third-order valence-electron chi connectivity index (χ3n) is 3.27. The zero-order valence-electron chi connectivity index (χ0n) is 13.7. The highest BCUT2D eigenvalue weighted by Crippen LogP contribution is 2.11. The summed E-state index contributed by atoms with van der Waals surface area (Å²) in [6.45, 7) is -0.644. The first-order valence-corrected chi connectivity index (χ1v) is 7.46. The topological polar surface area (TPSA) is 145 Å². The van der Waals surface area contributed by atoms with Gasteiger partial charge in [0.05, 0.1) is 10.5 Å². The van der Waals surface area contributed by atoms with Gasteiger partial charge in [0.2, 0.25) is 0 Å². The second kappa shape index (κ2) is 8.85. The van der Waals surface area contributed by atoms with Crippen LogP contribution in [0.4, 0.5) is 5.69 Å². The van der Waals surface area contributed by atoms with Crippen molar-refractivity contribution in [3.8, 4) is 0 Å². The highest BCUT2D eigenvalue weighted by Gasteiger charge is 2.12. The lowest BCUT2D eigenvalue weighted by Gasteiger charge is -2.08. The fraction of sp³-hybridized carbons (Fsp3) is 0.0588. The van der Waals surface area contributed by atoms with Gasteiger partial charge in [-0.1, -0.05) is 12.1 Å². The van der Waals surface area contributed by atoms with Crippen LogP contribution in [-0.2, 0) is 9.53 Å². The number of nitrogens with zero attached hydrogens (tertiary/aromatic N) is 1. The zero-order chi connectivity index (χ0) is 19.8. The number of carbonyl (C=O) groups excluding carboxylic acids is 4. The predicted molar refractivity (Wildman–Crippen MR) is 90.8 cm³/mol. The van der Waals surface area contributed by atoms with E-state index in [4.69, 9.17) is 4.74 Å². The van der Waals surface area contributed by atoms with Gasteiger partial charge in [0.25, 0.3) is 17.5 Å². The SMILES string of the molecule is O=Cc1ccc(C(=O)OCC(=O)NNC(=O)c2ccc([N+](=O)[O-])cc2)cc1. The quantitative estimate of drug-likeness (QED) is 0.334. The number of nitro groups is 1. The van der Waals surface area contributed by atoms with E-state index >= 15 is 0 Å². The summed E-state index contributed by atoms with van der Waals surface area (Å²) in [5, 5.41) is 10.5. The van der Waals surface area contributed by atoms with Crippen LogP contribution in [0.2, 0.25) is 0 Å². The average molecular weight is 371 g/mol. The van der Waals surface area contributed by atoms with E-state index in [-0.39, 0.29) is 16.8 Å². The maximum absolute atomic E-state index is 11.8. The van der Waals surface area contributed by atoms with Crippen molar-refractivity contribution in [3.05, 3.63) is 75.3 Å². The van der Waals surface area contributed by atoms with Crippen LogP contribution in [0.3, 0.4) is 0 Å². The summed E-state index contributed by atoms with van der Waals surface area (Å²) in [7, 11) is 0. The summed E-state index contributed by atoms with van der Waals surface area (Å²) < 4.78 is 4.78. The maximum Gasteiger partial charge on any atom is 0.338 e. The number of esters is 1. The Labute approximate surface area is 152 Å². The minimum absolute atomic E-state index is 0.0909. The maximum atomic E-state index is 11.8. The van der Waals surface area contributed by atoms with E-state index in [1.165, 1.54) is 36.4 Å². The Kier molecular flexibility index (Phi) is 6.31. The molecule has 0 saturated carbocycles. The first-order valence-electron chi connectivity index (χ1n) is 7.46. The number of benzene rings is 2. The number of carbonyl (C=O) groups is 4. The van der Waals surface area contributed by atoms with Crippen LogP contribution in [-0.4, -0.2) is 35.6 Å². The van der Waals surface area contributed by atoms with Crippen LogP contribution < -0.4 is 10.9 Å². The van der Waals surface area contributed by atoms with Crippen LogP contribution in [0, 0.1) is 10.1 Å². The minimum atomic E-state index is -0.789. The van der Waals surface area contributed by atoms with E-state index in [1.54, 1.807) is 0 Å². The summed E-state index contributed by atoms with van der Waals surface area (Å²) in [4.78, 5) is 55.7. The average Bonchev–Trinajstić information content (AvgIpc) is 2.70. The van der Waals surface area contributed by atoms with Gasteiger partial charge in [-0.05, 0) is 24.3 Å². The Hall–Kier alpha value is -4.08. The van der Waals surface area contributed by atoms with Gasteiger partial charge in [-0.2, -0.15) is 0 Å². The van der Waals surface area contributed by atoms with Crippen molar-refractivity contribution < 1.29 is 28.8 Å². The van der Waals surface area contributed by atoms with Gasteiger partial charge in [0.15, 0.2) is 6.61 Å². The Bertz CT molecular complexity index is 876. The molecule has 0 aromatic heterocycles. The van der Waals surface area contributed by atoms with Gasteiger partial charge in [-0.25, -0.2) is 4.79 Å². The Morgan fingerprint density at radius 1 is 0.963 bits per heavy atom. The fourth-order valence-electron chi connectivity index (χ4n) is 1.88. The van der Waals surface area contributed by atoms with Crippen LogP contribution in [0.25, 0.3) is 0 Å². The Balaban J connectivity index is 1.79. The standard InChI is InChI=1S/C17H13N3O7/c21-9-11-1-3-13(4-2-11)17(24)27-10-15(22)18-19-16(23)12-5-7-14(8-6-12)20(25)26/h1-9H,10H2,(H,18,22)(H,19,23). The van der Waals surface area contributed by atoms with Crippen LogP contribution in [0.1, 0.15) is 31.1 Å². The van der Waals surface area contributed by atoms with Crippen molar-refractivity contribution in [2.24, 2.45) is 0 Å². The van der Waals surface area contributed by atoms with E-state index in [2.05, 4.69) is 5.43 Å². The van der Waals surface area contributed by atoms with Gasteiger partial charge in [-0.3, -0.25) is 35.3 Å². The lowest BCUT2D eigenvalue weighted by Crippen LogP contribution is -2.43. The van der Waals surface area contributed by atoms with Crippen molar-refractivity contribution in [3.63, 3.8) is 0 Å². The van der Waals surface area contributed by atoms with E-state index in [0.29, 0.717) is 11.8 Å². The molecule has 138 valence electrons. The third-order valence-corrected chi connectivity index (χ3v) is 3.27. The lowest BCUT2D eigenvalue weighted by atomic mass is 10.1. The molecule has 0 fully saturated rings. The molecule has 0 aliphatic rings. The van der Waals surface area contributed by atoms with Crippen LogP contribution in [0.5, 0.6) is 0 Å². The van der Waals surface area contributed by atoms with Crippen molar-refractivity contribution in [2.75, 3.05) is 6.61 Å². The molecule has 0 aliphatic heterocycles. The molecule has 0 unspecified atom stereocenters. The molecule has 2 aromatic rings. The Morgan fingerprint density at radius 3 is 2.11 bits per heavy atom. The van der Waals surface area contributed by atoms with Crippen molar-refractivity contribution in [1.29, 1.82) is 0 Å². The molecular weight excluding hydrogens is 358 g/mol. The minimum Gasteiger partial charge on any atom is -0.452 e. The molecule has 2 aromatic carbocycles. The molecule has 0 heterocycles. The predicted octanol–water partition coefficient (Wildman–Crippen LogP) is 1.03. The molecule has 0 bridgehead atoms. The second-order valence-corrected chi connectivity index (χ2v) is 5.12. The first kappa shape index (κ1) is 19.2. The zero-order valence-corrected chi connectivity index (χ0v) is 13.7. The van der Waals surface area contributed by atoms with E-state index in [0.717, 1.165) is 12.1 Å². The van der Waals surface area contributed by atoms with Crippen LogP contribution in [0.15, 0.2) is 48.5 Å². The molecule has 0 saturated heterocycles. The number of non-ortho nitro benzene ring substituents is 1. The second-order valence-electron chi connectivity index (χ2n) is 5.12. The largest absolute Gasteiger partial charge is 0.452 e. The number of hydrazine groups is 1. The molecule has 2 amide bonds. The highest BCUT2D eigenvalue weighted by atomic mass is 16.6. The summed E-state index contributed by atoms with van der Waals surface area (Å²) >= 11 is 0. The molecule has 0 spiro atoms. The van der Waals surface area contributed by atoms with Gasteiger partial charge < -0.3 is 4.74 Å². The number of hydrogen-bond donors (Lipinski definition) is 2. The van der Waals surface area contributed by atoms with E-state index in [1.807, 2.05) is 5.43 Å².